The van der Waals surface area contributed by atoms with Crippen LogP contribution < -0.4 is 5.73 Å². The van der Waals surface area contributed by atoms with Crippen LogP contribution in [0.5, 0.6) is 0 Å². The van der Waals surface area contributed by atoms with E-state index in [1.807, 2.05) is 30.3 Å². The van der Waals surface area contributed by atoms with Crippen molar-refractivity contribution in [3.05, 3.63) is 69.7 Å². The number of alkyl halides is 2. The van der Waals surface area contributed by atoms with Crippen LogP contribution in [0.25, 0.3) is 0 Å². The molecule has 2 rings (SSSR count). The molecular weight excluding hydrogens is 431 g/mol. The lowest BCUT2D eigenvalue weighted by molar-refractivity contribution is -0.119. The van der Waals surface area contributed by atoms with Crippen LogP contribution in [0.15, 0.2) is 53.0 Å². The van der Waals surface area contributed by atoms with Crippen LogP contribution in [0.2, 0.25) is 0 Å². The molecule has 26 heavy (non-hydrogen) atoms. The third-order valence-electron chi connectivity index (χ3n) is 3.99. The van der Waals surface area contributed by atoms with Crippen molar-refractivity contribution in [3.63, 3.8) is 0 Å². The maximum absolute atomic E-state index is 13.9. The number of hydrogen-bond donors (Lipinski definition) is 3. The van der Waals surface area contributed by atoms with E-state index in [0.717, 1.165) is 11.6 Å². The van der Waals surface area contributed by atoms with E-state index >= 15 is 0 Å². The van der Waals surface area contributed by atoms with E-state index in [1.165, 1.54) is 12.1 Å². The fourth-order valence-corrected chi connectivity index (χ4v) is 3.89. The van der Waals surface area contributed by atoms with Gasteiger partial charge in [-0.2, -0.15) is 8.78 Å². The van der Waals surface area contributed by atoms with Gasteiger partial charge in [0.2, 0.25) is 5.91 Å². The predicted octanol–water partition coefficient (Wildman–Crippen LogP) is 3.88. The summed E-state index contributed by atoms with van der Waals surface area (Å²) in [5, 5.41) is 0. The van der Waals surface area contributed by atoms with Crippen molar-refractivity contribution in [2.24, 2.45) is 5.73 Å². The minimum atomic E-state index is -5.68. The van der Waals surface area contributed by atoms with E-state index in [1.54, 1.807) is 0 Å². The number of primary amides is 1. The third-order valence-corrected chi connectivity index (χ3v) is 5.62. The number of benzene rings is 2. The van der Waals surface area contributed by atoms with Gasteiger partial charge in [0.1, 0.15) is 0 Å². The van der Waals surface area contributed by atoms with Gasteiger partial charge in [-0.25, -0.2) is 0 Å². The maximum Gasteiger partial charge on any atom is 0.399 e. The summed E-state index contributed by atoms with van der Waals surface area (Å²) in [4.78, 5) is 29.5. The first-order valence-electron chi connectivity index (χ1n) is 7.60. The Morgan fingerprint density at radius 3 is 2.31 bits per heavy atom. The number of rotatable bonds is 7. The van der Waals surface area contributed by atoms with Gasteiger partial charge in [0.15, 0.2) is 0 Å². The molecule has 0 radical (unpaired) electrons. The van der Waals surface area contributed by atoms with Crippen LogP contribution in [0, 0.1) is 0 Å². The fraction of sp³-hybridized carbons (Fsp3) is 0.235. The number of amides is 1. The molecule has 1 unspecified atom stereocenters. The minimum Gasteiger partial charge on any atom is -0.369 e. The SMILES string of the molecule is NC(=O)C(CCc1ccccc1)c1ccc(C(F)(F)P(=O)(O)O)c(Br)c1. The fourth-order valence-electron chi connectivity index (χ4n) is 2.58. The van der Waals surface area contributed by atoms with Crippen molar-refractivity contribution in [2.45, 2.75) is 24.4 Å². The molecule has 0 spiro atoms. The largest absolute Gasteiger partial charge is 0.399 e. The molecule has 4 N–H and O–H groups in total. The number of carbonyl (C=O) groups is 1. The van der Waals surface area contributed by atoms with Crippen LogP contribution in [0.3, 0.4) is 0 Å². The van der Waals surface area contributed by atoms with Crippen LogP contribution >= 0.6 is 23.5 Å². The minimum absolute atomic E-state index is 0.200. The normalized spacial score (nSPS) is 13.4. The molecule has 5 nitrogen and oxygen atoms in total. The topological polar surface area (TPSA) is 101 Å². The standard InChI is InChI=1S/C17H17BrF2NO4P/c18-15-10-12(7-9-14(15)17(19,20)26(23,24)25)13(16(21)22)8-6-11-4-2-1-3-5-11/h1-5,7,9-10,13H,6,8H2,(H2,21,22)(H2,23,24,25). The second-order valence-corrected chi connectivity index (χ2v) is 8.31. The molecular formula is C17H17BrF2NO4P. The van der Waals surface area contributed by atoms with Gasteiger partial charge in [0.05, 0.1) is 5.92 Å². The average molecular weight is 448 g/mol. The third kappa shape index (κ3) is 4.57. The maximum atomic E-state index is 13.9. The summed E-state index contributed by atoms with van der Waals surface area (Å²) in [5.41, 5.74) is 1.66. The molecule has 0 saturated heterocycles. The first kappa shape index (κ1) is 20.7. The van der Waals surface area contributed by atoms with Crippen molar-refractivity contribution in [1.82, 2.24) is 0 Å². The molecule has 0 fully saturated rings. The Balaban J connectivity index is 2.29. The highest BCUT2D eigenvalue weighted by Gasteiger charge is 2.51. The molecule has 2 aromatic rings. The molecule has 0 heterocycles. The molecule has 0 aliphatic carbocycles. The molecule has 0 aliphatic rings. The number of carbonyl (C=O) groups excluding carboxylic acids is 1. The Kier molecular flexibility index (Phi) is 6.34. The van der Waals surface area contributed by atoms with Crippen molar-refractivity contribution in [3.8, 4) is 0 Å². The lowest BCUT2D eigenvalue weighted by Gasteiger charge is -2.21. The molecule has 0 saturated carbocycles. The highest BCUT2D eigenvalue weighted by molar-refractivity contribution is 9.10. The summed E-state index contributed by atoms with van der Waals surface area (Å²) in [6, 6.07) is 12.8. The summed E-state index contributed by atoms with van der Waals surface area (Å²) >= 11 is 2.91. The van der Waals surface area contributed by atoms with Gasteiger partial charge in [-0.1, -0.05) is 58.4 Å². The van der Waals surface area contributed by atoms with Crippen molar-refractivity contribution < 1.29 is 27.9 Å². The average Bonchev–Trinajstić information content (AvgIpc) is 2.54. The molecule has 1 atom stereocenters. The van der Waals surface area contributed by atoms with Gasteiger partial charge >= 0.3 is 13.3 Å². The zero-order valence-electron chi connectivity index (χ0n) is 13.5. The van der Waals surface area contributed by atoms with Gasteiger partial charge in [-0.05, 0) is 30.0 Å². The molecule has 1 amide bonds. The molecule has 0 aromatic heterocycles. The molecule has 9 heteroatoms. The van der Waals surface area contributed by atoms with Gasteiger partial charge < -0.3 is 15.5 Å². The van der Waals surface area contributed by atoms with E-state index in [0.29, 0.717) is 18.4 Å². The molecule has 0 aliphatic heterocycles. The Bertz CT molecular complexity index is 842. The number of aryl methyl sites for hydroxylation is 1. The second-order valence-electron chi connectivity index (χ2n) is 5.80. The smallest absolute Gasteiger partial charge is 0.369 e. The first-order chi connectivity index (χ1) is 12.0. The molecule has 140 valence electrons. The number of nitrogens with two attached hydrogens (primary N) is 1. The van der Waals surface area contributed by atoms with Gasteiger partial charge in [0.25, 0.3) is 0 Å². The van der Waals surface area contributed by atoms with Gasteiger partial charge in [-0.15, -0.1) is 0 Å². The van der Waals surface area contributed by atoms with E-state index in [-0.39, 0.29) is 4.47 Å². The van der Waals surface area contributed by atoms with Crippen LogP contribution in [0.1, 0.15) is 29.0 Å². The molecule has 0 bridgehead atoms. The number of halogens is 3. The Hall–Kier alpha value is -1.60. The summed E-state index contributed by atoms with van der Waals surface area (Å²) in [6.07, 6.45) is 0.937. The quantitative estimate of drug-likeness (QED) is 0.560. The zero-order valence-corrected chi connectivity index (χ0v) is 16.0. The first-order valence-corrected chi connectivity index (χ1v) is 10.0. The van der Waals surface area contributed by atoms with Crippen molar-refractivity contribution in [1.29, 1.82) is 0 Å². The summed E-state index contributed by atoms with van der Waals surface area (Å²) in [7, 11) is -5.68. The Labute approximate surface area is 157 Å². The van der Waals surface area contributed by atoms with Crippen LogP contribution in [0.4, 0.5) is 8.78 Å². The van der Waals surface area contributed by atoms with Gasteiger partial charge in [0, 0.05) is 10.0 Å². The lowest BCUT2D eigenvalue weighted by atomic mass is 9.91. The predicted molar refractivity (Wildman–Crippen MR) is 96.8 cm³/mol. The van der Waals surface area contributed by atoms with Crippen LogP contribution in [-0.4, -0.2) is 15.7 Å². The second kappa shape index (κ2) is 7.96. The summed E-state index contributed by atoms with van der Waals surface area (Å²) in [6.45, 7) is 0. The van der Waals surface area contributed by atoms with E-state index in [4.69, 9.17) is 15.5 Å². The van der Waals surface area contributed by atoms with E-state index in [2.05, 4.69) is 15.9 Å². The van der Waals surface area contributed by atoms with Gasteiger partial charge in [-0.3, -0.25) is 9.36 Å². The molecule has 2 aromatic carbocycles. The zero-order chi connectivity index (χ0) is 19.5. The van der Waals surface area contributed by atoms with Crippen molar-refractivity contribution in [2.75, 3.05) is 0 Å². The lowest BCUT2D eigenvalue weighted by Crippen LogP contribution is -2.22. The van der Waals surface area contributed by atoms with E-state index < -0.39 is 30.6 Å². The monoisotopic (exact) mass is 447 g/mol. The highest BCUT2D eigenvalue weighted by atomic mass is 79.9. The summed E-state index contributed by atoms with van der Waals surface area (Å²) in [5.74, 6) is -1.33. The highest BCUT2D eigenvalue weighted by Crippen LogP contribution is 2.60. The Morgan fingerprint density at radius 1 is 1.19 bits per heavy atom. The number of hydrogen-bond acceptors (Lipinski definition) is 2. The van der Waals surface area contributed by atoms with Crippen molar-refractivity contribution >= 4 is 29.4 Å². The van der Waals surface area contributed by atoms with E-state index in [9.17, 15) is 18.1 Å². The Morgan fingerprint density at radius 2 is 1.81 bits per heavy atom. The van der Waals surface area contributed by atoms with Crippen LogP contribution in [-0.2, 0) is 21.4 Å². The summed E-state index contributed by atoms with van der Waals surface area (Å²) < 4.78 is 38.6.